The summed E-state index contributed by atoms with van der Waals surface area (Å²) in [6.07, 6.45) is 2.52. The summed E-state index contributed by atoms with van der Waals surface area (Å²) in [5, 5.41) is 14.4. The van der Waals surface area contributed by atoms with Crippen LogP contribution in [0.25, 0.3) is 10.8 Å². The number of fused-ring (bicyclic) bond motifs is 1. The van der Waals surface area contributed by atoms with Gasteiger partial charge < -0.3 is 10.1 Å². The number of benzene rings is 2. The number of nitrogens with one attached hydrogen (secondary N) is 1. The van der Waals surface area contributed by atoms with Gasteiger partial charge in [-0.15, -0.1) is 0 Å². The van der Waals surface area contributed by atoms with Crippen LogP contribution in [0.4, 0.5) is 0 Å². The molecule has 3 heteroatoms. The fourth-order valence-corrected chi connectivity index (χ4v) is 2.88. The Morgan fingerprint density at radius 1 is 1.20 bits per heavy atom. The molecule has 0 amide bonds. The molecule has 0 heterocycles. The number of rotatable bonds is 4. The average molecular weight is 266 g/mol. The molecule has 1 saturated carbocycles. The first-order valence-electron chi connectivity index (χ1n) is 7.05. The first-order valence-corrected chi connectivity index (χ1v) is 7.05. The second-order valence-electron chi connectivity index (χ2n) is 5.40. The van der Waals surface area contributed by atoms with E-state index in [1.54, 1.807) is 0 Å². The summed E-state index contributed by atoms with van der Waals surface area (Å²) in [4.78, 5) is 0. The van der Waals surface area contributed by atoms with E-state index in [9.17, 15) is 0 Å². The Kier molecular flexibility index (Phi) is 3.58. The highest BCUT2D eigenvalue weighted by Gasteiger charge is 2.30. The number of ether oxygens (including phenoxy) is 1. The van der Waals surface area contributed by atoms with Gasteiger partial charge in [0, 0.05) is 10.8 Å². The van der Waals surface area contributed by atoms with Crippen LogP contribution in [0.1, 0.15) is 18.4 Å². The highest BCUT2D eigenvalue weighted by Crippen LogP contribution is 2.34. The average Bonchev–Trinajstić information content (AvgIpc) is 2.45. The molecule has 0 aliphatic heterocycles. The second-order valence-corrected chi connectivity index (χ2v) is 5.40. The van der Waals surface area contributed by atoms with E-state index in [2.05, 4.69) is 11.4 Å². The number of nitrogens with zero attached hydrogens (tertiary/aromatic N) is 1. The molecular weight excluding hydrogens is 248 g/mol. The van der Waals surface area contributed by atoms with Crippen molar-refractivity contribution in [3.63, 3.8) is 0 Å². The maximum atomic E-state index is 9.16. The summed E-state index contributed by atoms with van der Waals surface area (Å²) in [6.45, 7) is 1.06. The van der Waals surface area contributed by atoms with E-state index in [-0.39, 0.29) is 0 Å². The maximum absolute atomic E-state index is 9.16. The lowest BCUT2D eigenvalue weighted by atomic mass is 9.82. The first kappa shape index (κ1) is 13.0. The zero-order valence-corrected chi connectivity index (χ0v) is 11.6. The highest BCUT2D eigenvalue weighted by molar-refractivity contribution is 5.92. The Morgan fingerprint density at radius 2 is 1.95 bits per heavy atom. The minimum Gasteiger partial charge on any atom is -0.490 e. The van der Waals surface area contributed by atoms with E-state index in [4.69, 9.17) is 10.00 Å². The Hall–Kier alpha value is -2.05. The quantitative estimate of drug-likeness (QED) is 0.925. The topological polar surface area (TPSA) is 45.0 Å². The summed E-state index contributed by atoms with van der Waals surface area (Å²) in [5.41, 5.74) is 0.703. The predicted molar refractivity (Wildman–Crippen MR) is 79.7 cm³/mol. The van der Waals surface area contributed by atoms with Crippen LogP contribution in [0.3, 0.4) is 0 Å². The van der Waals surface area contributed by atoms with E-state index in [1.165, 1.54) is 0 Å². The molecule has 0 aromatic heterocycles. The van der Waals surface area contributed by atoms with Crippen molar-refractivity contribution in [2.24, 2.45) is 5.92 Å². The molecule has 2 aromatic carbocycles. The van der Waals surface area contributed by atoms with Crippen molar-refractivity contribution in [3.8, 4) is 11.8 Å². The minimum atomic E-state index is 0.310. The summed E-state index contributed by atoms with van der Waals surface area (Å²) in [5.74, 6) is 1.63. The monoisotopic (exact) mass is 266 g/mol. The van der Waals surface area contributed by atoms with Gasteiger partial charge in [-0.05, 0) is 44.5 Å². The minimum absolute atomic E-state index is 0.310. The van der Waals surface area contributed by atoms with Gasteiger partial charge in [-0.25, -0.2) is 0 Å². The molecule has 0 saturated heterocycles. The molecule has 1 aliphatic carbocycles. The van der Waals surface area contributed by atoms with Crippen molar-refractivity contribution in [2.75, 3.05) is 13.6 Å². The Balaban J connectivity index is 1.81. The zero-order valence-electron chi connectivity index (χ0n) is 11.6. The van der Waals surface area contributed by atoms with Gasteiger partial charge in [0.15, 0.2) is 0 Å². The summed E-state index contributed by atoms with van der Waals surface area (Å²) < 4.78 is 6.10. The molecule has 102 valence electrons. The summed E-state index contributed by atoms with van der Waals surface area (Å²) >= 11 is 0. The molecular formula is C17H18N2O. The Morgan fingerprint density at radius 3 is 2.65 bits per heavy atom. The normalized spacial score (nSPS) is 21.2. The third-order valence-corrected chi connectivity index (χ3v) is 3.98. The molecule has 3 nitrogen and oxygen atoms in total. The summed E-state index contributed by atoms with van der Waals surface area (Å²) in [7, 11) is 1.99. The fourth-order valence-electron chi connectivity index (χ4n) is 2.88. The predicted octanol–water partition coefficient (Wildman–Crippen LogP) is 3.09. The van der Waals surface area contributed by atoms with E-state index in [0.29, 0.717) is 11.7 Å². The third kappa shape index (κ3) is 2.35. The lowest BCUT2D eigenvalue weighted by Crippen LogP contribution is -2.38. The van der Waals surface area contributed by atoms with Crippen LogP contribution in [0.5, 0.6) is 5.75 Å². The summed E-state index contributed by atoms with van der Waals surface area (Å²) in [6, 6.07) is 14.0. The van der Waals surface area contributed by atoms with Crippen LogP contribution in [0.2, 0.25) is 0 Å². The maximum Gasteiger partial charge on any atom is 0.127 e. The van der Waals surface area contributed by atoms with Crippen molar-refractivity contribution in [2.45, 2.75) is 18.9 Å². The lowest BCUT2D eigenvalue weighted by molar-refractivity contribution is 0.0671. The molecule has 1 aliphatic rings. The van der Waals surface area contributed by atoms with E-state index < -0.39 is 0 Å². The standard InChI is InChI=1S/C17H18N2O/c1-19-11-12-8-14(9-12)20-17-7-6-13(10-18)15-4-2-3-5-16(15)17/h2-7,12,14,19H,8-9,11H2,1H3. The van der Waals surface area contributed by atoms with Crippen LogP contribution in [-0.2, 0) is 0 Å². The van der Waals surface area contributed by atoms with Crippen LogP contribution >= 0.6 is 0 Å². The number of hydrogen-bond acceptors (Lipinski definition) is 3. The van der Waals surface area contributed by atoms with Gasteiger partial charge in [-0.2, -0.15) is 5.26 Å². The molecule has 0 spiro atoms. The highest BCUT2D eigenvalue weighted by atomic mass is 16.5. The van der Waals surface area contributed by atoms with Crippen LogP contribution in [0.15, 0.2) is 36.4 Å². The van der Waals surface area contributed by atoms with Gasteiger partial charge in [-0.3, -0.25) is 0 Å². The molecule has 2 aromatic rings. The Labute approximate surface area is 119 Å². The van der Waals surface area contributed by atoms with E-state index >= 15 is 0 Å². The van der Waals surface area contributed by atoms with Gasteiger partial charge in [0.25, 0.3) is 0 Å². The molecule has 0 atom stereocenters. The SMILES string of the molecule is CNCC1CC(Oc2ccc(C#N)c3ccccc23)C1. The van der Waals surface area contributed by atoms with Crippen molar-refractivity contribution >= 4 is 10.8 Å². The fraction of sp³-hybridized carbons (Fsp3) is 0.353. The molecule has 0 bridgehead atoms. The van der Waals surface area contributed by atoms with E-state index in [1.807, 2.05) is 43.4 Å². The van der Waals surface area contributed by atoms with Crippen LogP contribution in [-0.4, -0.2) is 19.7 Å². The first-order chi connectivity index (χ1) is 9.81. The third-order valence-electron chi connectivity index (χ3n) is 3.98. The largest absolute Gasteiger partial charge is 0.490 e. The van der Waals surface area contributed by atoms with Gasteiger partial charge in [0.05, 0.1) is 17.7 Å². The molecule has 3 rings (SSSR count). The van der Waals surface area contributed by atoms with Gasteiger partial charge in [0.1, 0.15) is 5.75 Å². The molecule has 1 fully saturated rings. The van der Waals surface area contributed by atoms with Crippen molar-refractivity contribution in [1.29, 1.82) is 5.26 Å². The van der Waals surface area contributed by atoms with Crippen molar-refractivity contribution in [1.82, 2.24) is 5.32 Å². The van der Waals surface area contributed by atoms with Crippen LogP contribution in [0, 0.1) is 17.2 Å². The van der Waals surface area contributed by atoms with Gasteiger partial charge in [-0.1, -0.05) is 24.3 Å². The lowest BCUT2D eigenvalue weighted by Gasteiger charge is -2.35. The van der Waals surface area contributed by atoms with E-state index in [0.717, 1.165) is 41.8 Å². The molecule has 0 unspecified atom stereocenters. The van der Waals surface area contributed by atoms with Gasteiger partial charge >= 0.3 is 0 Å². The van der Waals surface area contributed by atoms with Crippen LogP contribution < -0.4 is 10.1 Å². The molecule has 20 heavy (non-hydrogen) atoms. The zero-order chi connectivity index (χ0) is 13.9. The Bertz CT molecular complexity index is 654. The molecule has 0 radical (unpaired) electrons. The second kappa shape index (κ2) is 5.52. The van der Waals surface area contributed by atoms with Crippen molar-refractivity contribution in [3.05, 3.63) is 42.0 Å². The van der Waals surface area contributed by atoms with Gasteiger partial charge in [0.2, 0.25) is 0 Å². The van der Waals surface area contributed by atoms with Crippen molar-refractivity contribution < 1.29 is 4.74 Å². The number of hydrogen-bond donors (Lipinski definition) is 1. The molecule has 1 N–H and O–H groups in total. The smallest absolute Gasteiger partial charge is 0.127 e. The number of nitriles is 1.